The van der Waals surface area contributed by atoms with Crippen molar-refractivity contribution in [3.8, 4) is 11.5 Å². The number of nitrogens with zero attached hydrogens (tertiary/aromatic N) is 1. The molecule has 3 aromatic rings. The zero-order valence-electron chi connectivity index (χ0n) is 20.1. The van der Waals surface area contributed by atoms with Crippen LogP contribution in [0.2, 0.25) is 0 Å². The molecule has 0 saturated heterocycles. The normalized spacial score (nSPS) is 11.6. The molecular formula is C28H31NO5. The van der Waals surface area contributed by atoms with Crippen molar-refractivity contribution in [2.24, 2.45) is 0 Å². The molecule has 1 amide bonds. The molecule has 0 aliphatic heterocycles. The van der Waals surface area contributed by atoms with Crippen LogP contribution in [-0.4, -0.2) is 36.1 Å². The smallest absolute Gasteiger partial charge is 0.339 e. The van der Waals surface area contributed by atoms with Gasteiger partial charge in [0.1, 0.15) is 0 Å². The predicted octanol–water partition coefficient (Wildman–Crippen LogP) is 5.26. The van der Waals surface area contributed by atoms with Crippen LogP contribution in [0, 0.1) is 0 Å². The monoisotopic (exact) mass is 461 g/mol. The third kappa shape index (κ3) is 6.85. The minimum Gasteiger partial charge on any atom is -0.493 e. The Labute approximate surface area is 201 Å². The highest BCUT2D eigenvalue weighted by Gasteiger charge is 2.25. The third-order valence-corrected chi connectivity index (χ3v) is 5.14. The van der Waals surface area contributed by atoms with Crippen LogP contribution in [0.1, 0.15) is 42.3 Å². The van der Waals surface area contributed by atoms with Crippen molar-refractivity contribution in [3.05, 3.63) is 95.6 Å². The third-order valence-electron chi connectivity index (χ3n) is 5.14. The molecule has 0 bridgehead atoms. The topological polar surface area (TPSA) is 65.1 Å². The van der Waals surface area contributed by atoms with Crippen LogP contribution in [0.4, 0.5) is 0 Å². The Morgan fingerprint density at radius 3 is 1.85 bits per heavy atom. The molecule has 0 saturated carbocycles. The zero-order chi connectivity index (χ0) is 24.5. The molecular weight excluding hydrogens is 430 g/mol. The number of ether oxygens (including phenoxy) is 3. The van der Waals surface area contributed by atoms with Gasteiger partial charge in [-0.15, -0.1) is 0 Å². The molecule has 0 aliphatic rings. The summed E-state index contributed by atoms with van der Waals surface area (Å²) in [7, 11) is 1.51. The number of hydrogen-bond acceptors (Lipinski definition) is 5. The van der Waals surface area contributed by atoms with Crippen molar-refractivity contribution < 1.29 is 23.8 Å². The van der Waals surface area contributed by atoms with Crippen molar-refractivity contribution in [1.82, 2.24) is 4.90 Å². The number of methoxy groups -OCH3 is 1. The van der Waals surface area contributed by atoms with E-state index in [9.17, 15) is 9.59 Å². The van der Waals surface area contributed by atoms with Crippen molar-refractivity contribution in [1.29, 1.82) is 0 Å². The lowest BCUT2D eigenvalue weighted by molar-refractivity contribution is -0.141. The molecule has 3 rings (SSSR count). The van der Waals surface area contributed by atoms with Gasteiger partial charge in [0.05, 0.1) is 18.8 Å². The van der Waals surface area contributed by atoms with Gasteiger partial charge in [0, 0.05) is 13.1 Å². The minimum atomic E-state index is -0.961. The number of benzene rings is 3. The fourth-order valence-corrected chi connectivity index (χ4v) is 3.50. The Kier molecular flexibility index (Phi) is 8.68. The van der Waals surface area contributed by atoms with Crippen LogP contribution in [0.15, 0.2) is 78.9 Å². The summed E-state index contributed by atoms with van der Waals surface area (Å²) < 4.78 is 16.6. The number of hydrogen-bond donors (Lipinski definition) is 0. The van der Waals surface area contributed by atoms with Crippen molar-refractivity contribution in [2.75, 3.05) is 7.11 Å². The first kappa shape index (κ1) is 24.8. The fraction of sp³-hybridized carbons (Fsp3) is 0.286. The van der Waals surface area contributed by atoms with E-state index in [0.29, 0.717) is 24.6 Å². The van der Waals surface area contributed by atoms with E-state index in [1.54, 1.807) is 30.0 Å². The SMILES string of the molecule is COc1cc(C(=O)OC(C)C(=O)N(Cc2ccccc2)Cc2ccccc2)ccc1OC(C)C. The summed E-state index contributed by atoms with van der Waals surface area (Å²) in [5.41, 5.74) is 2.27. The highest BCUT2D eigenvalue weighted by molar-refractivity contribution is 5.92. The molecule has 34 heavy (non-hydrogen) atoms. The van der Waals surface area contributed by atoms with E-state index in [2.05, 4.69) is 0 Å². The quantitative estimate of drug-likeness (QED) is 0.386. The maximum absolute atomic E-state index is 13.3. The summed E-state index contributed by atoms with van der Waals surface area (Å²) in [4.78, 5) is 27.8. The van der Waals surface area contributed by atoms with Crippen molar-refractivity contribution >= 4 is 11.9 Å². The van der Waals surface area contributed by atoms with E-state index in [4.69, 9.17) is 14.2 Å². The molecule has 3 aromatic carbocycles. The number of esters is 1. The summed E-state index contributed by atoms with van der Waals surface area (Å²) >= 11 is 0. The molecule has 6 nitrogen and oxygen atoms in total. The molecule has 6 heteroatoms. The van der Waals surface area contributed by atoms with Crippen LogP contribution in [0.25, 0.3) is 0 Å². The van der Waals surface area contributed by atoms with Gasteiger partial charge in [0.25, 0.3) is 5.91 Å². The largest absolute Gasteiger partial charge is 0.493 e. The standard InChI is InChI=1S/C28H31NO5/c1-20(2)33-25-16-15-24(17-26(25)32-4)28(31)34-21(3)27(30)29(18-22-11-7-5-8-12-22)19-23-13-9-6-10-14-23/h5-17,20-21H,18-19H2,1-4H3. The number of carbonyl (C=O) groups excluding carboxylic acids is 2. The molecule has 0 aliphatic carbocycles. The Hall–Kier alpha value is -3.80. The Morgan fingerprint density at radius 2 is 1.35 bits per heavy atom. The summed E-state index contributed by atoms with van der Waals surface area (Å²) in [5, 5.41) is 0. The van der Waals surface area contributed by atoms with Gasteiger partial charge in [-0.3, -0.25) is 4.79 Å². The number of amides is 1. The number of carbonyl (C=O) groups is 2. The fourth-order valence-electron chi connectivity index (χ4n) is 3.50. The van der Waals surface area contributed by atoms with Gasteiger partial charge in [-0.25, -0.2) is 4.79 Å². The average molecular weight is 462 g/mol. The summed E-state index contributed by atoms with van der Waals surface area (Å²) in [5.74, 6) is 0.0920. The average Bonchev–Trinajstić information content (AvgIpc) is 2.84. The van der Waals surface area contributed by atoms with E-state index in [0.717, 1.165) is 11.1 Å². The molecule has 0 radical (unpaired) electrons. The maximum atomic E-state index is 13.3. The molecule has 1 atom stereocenters. The Bertz CT molecular complexity index is 1040. The van der Waals surface area contributed by atoms with Crippen LogP contribution in [0.3, 0.4) is 0 Å². The highest BCUT2D eigenvalue weighted by atomic mass is 16.5. The number of rotatable bonds is 10. The van der Waals surface area contributed by atoms with E-state index in [1.165, 1.54) is 7.11 Å². The second-order valence-corrected chi connectivity index (χ2v) is 8.25. The van der Waals surface area contributed by atoms with Crippen LogP contribution < -0.4 is 9.47 Å². The highest BCUT2D eigenvalue weighted by Crippen LogP contribution is 2.29. The van der Waals surface area contributed by atoms with Crippen molar-refractivity contribution in [2.45, 2.75) is 46.1 Å². The van der Waals surface area contributed by atoms with Gasteiger partial charge < -0.3 is 19.1 Å². The molecule has 178 valence electrons. The Morgan fingerprint density at radius 1 is 0.794 bits per heavy atom. The molecule has 0 heterocycles. The van der Waals surface area contributed by atoms with Crippen molar-refractivity contribution in [3.63, 3.8) is 0 Å². The molecule has 0 spiro atoms. The van der Waals surface area contributed by atoms with Crippen LogP contribution >= 0.6 is 0 Å². The van der Waals surface area contributed by atoms with Gasteiger partial charge in [-0.2, -0.15) is 0 Å². The van der Waals surface area contributed by atoms with E-state index >= 15 is 0 Å². The van der Waals surface area contributed by atoms with Gasteiger partial charge in [-0.05, 0) is 50.1 Å². The molecule has 0 aromatic heterocycles. The maximum Gasteiger partial charge on any atom is 0.339 e. The summed E-state index contributed by atoms with van der Waals surface area (Å²) in [6.45, 7) is 6.23. The molecule has 0 N–H and O–H groups in total. The first-order valence-corrected chi connectivity index (χ1v) is 11.3. The summed E-state index contributed by atoms with van der Waals surface area (Å²) in [6.07, 6.45) is -0.998. The van der Waals surface area contributed by atoms with E-state index in [1.807, 2.05) is 74.5 Å². The first-order chi connectivity index (χ1) is 16.4. The lowest BCUT2D eigenvalue weighted by Gasteiger charge is -2.26. The van der Waals surface area contributed by atoms with E-state index < -0.39 is 12.1 Å². The van der Waals surface area contributed by atoms with E-state index in [-0.39, 0.29) is 17.6 Å². The van der Waals surface area contributed by atoms with Gasteiger partial charge in [0.2, 0.25) is 0 Å². The molecule has 0 fully saturated rings. The van der Waals surface area contributed by atoms with Crippen LogP contribution in [-0.2, 0) is 22.6 Å². The lowest BCUT2D eigenvalue weighted by atomic mass is 10.1. The molecule has 1 unspecified atom stereocenters. The lowest BCUT2D eigenvalue weighted by Crippen LogP contribution is -2.39. The Balaban J connectivity index is 1.74. The second kappa shape index (κ2) is 11.9. The van der Waals surface area contributed by atoms with Gasteiger partial charge in [-0.1, -0.05) is 60.7 Å². The predicted molar refractivity (Wildman–Crippen MR) is 131 cm³/mol. The minimum absolute atomic E-state index is 0.0374. The summed E-state index contributed by atoms with van der Waals surface area (Å²) in [6, 6.07) is 24.3. The first-order valence-electron chi connectivity index (χ1n) is 11.3. The zero-order valence-corrected chi connectivity index (χ0v) is 20.1. The van der Waals surface area contributed by atoms with Crippen LogP contribution in [0.5, 0.6) is 11.5 Å². The van der Waals surface area contributed by atoms with Gasteiger partial charge in [0.15, 0.2) is 17.6 Å². The van der Waals surface area contributed by atoms with Gasteiger partial charge >= 0.3 is 5.97 Å². The second-order valence-electron chi connectivity index (χ2n) is 8.25.